The number of aromatic nitrogens is 2. The summed E-state index contributed by atoms with van der Waals surface area (Å²) in [6.45, 7) is 2.05. The molecule has 4 aromatic carbocycles. The van der Waals surface area contributed by atoms with Crippen molar-refractivity contribution in [2.45, 2.75) is 25.8 Å². The number of carbonyl (C=O) groups excluding carboxylic acids is 1. The number of nitrogens with zero attached hydrogens (tertiary/aromatic N) is 2. The third kappa shape index (κ3) is 5.44. The van der Waals surface area contributed by atoms with Crippen LogP contribution in [0.15, 0.2) is 84.9 Å². The second-order valence-corrected chi connectivity index (χ2v) is 9.85. The van der Waals surface area contributed by atoms with Gasteiger partial charge in [0.15, 0.2) is 0 Å². The van der Waals surface area contributed by atoms with E-state index in [0.717, 1.165) is 23.9 Å². The topological polar surface area (TPSA) is 119 Å². The molecule has 1 atom stereocenters. The molecule has 1 heterocycles. The van der Waals surface area contributed by atoms with E-state index in [1.54, 1.807) is 48.5 Å². The first kappa shape index (κ1) is 26.7. The van der Waals surface area contributed by atoms with Crippen molar-refractivity contribution in [1.82, 2.24) is 15.3 Å². The van der Waals surface area contributed by atoms with E-state index in [0.29, 0.717) is 38.6 Å². The van der Waals surface area contributed by atoms with E-state index >= 15 is 0 Å². The summed E-state index contributed by atoms with van der Waals surface area (Å²) < 4.78 is 0. The van der Waals surface area contributed by atoms with Crippen molar-refractivity contribution in [3.63, 3.8) is 0 Å². The Bertz CT molecular complexity index is 1770. The SMILES string of the molecule is CCC[C@@H](NC(=O)c1ccc(-c2cc(Cl)ccc2-c2nc3cc(C#N)ccc3[nH]2)c(C(=O)O)c1)c1ccccc1. The highest BCUT2D eigenvalue weighted by Gasteiger charge is 2.21. The van der Waals surface area contributed by atoms with E-state index in [1.165, 1.54) is 6.07 Å². The van der Waals surface area contributed by atoms with Gasteiger partial charge in [0.05, 0.1) is 34.3 Å². The molecule has 5 aromatic rings. The van der Waals surface area contributed by atoms with Crippen LogP contribution in [-0.2, 0) is 0 Å². The third-order valence-corrected chi connectivity index (χ3v) is 6.97. The lowest BCUT2D eigenvalue weighted by molar-refractivity contribution is 0.0697. The maximum absolute atomic E-state index is 13.3. The molecule has 40 heavy (non-hydrogen) atoms. The Balaban J connectivity index is 1.55. The number of rotatable bonds is 8. The van der Waals surface area contributed by atoms with Gasteiger partial charge in [0.2, 0.25) is 0 Å². The van der Waals surface area contributed by atoms with Crippen LogP contribution in [0.5, 0.6) is 0 Å². The maximum atomic E-state index is 13.3. The monoisotopic (exact) mass is 548 g/mol. The molecule has 0 unspecified atom stereocenters. The fourth-order valence-corrected chi connectivity index (χ4v) is 4.96. The van der Waals surface area contributed by atoms with Crippen molar-refractivity contribution >= 4 is 34.5 Å². The normalized spacial score (nSPS) is 11.6. The summed E-state index contributed by atoms with van der Waals surface area (Å²) in [4.78, 5) is 33.6. The summed E-state index contributed by atoms with van der Waals surface area (Å²) in [5.74, 6) is -1.03. The van der Waals surface area contributed by atoms with Crippen LogP contribution < -0.4 is 5.32 Å². The Kier molecular flexibility index (Phi) is 7.63. The lowest BCUT2D eigenvalue weighted by Crippen LogP contribution is -2.28. The molecule has 3 N–H and O–H groups in total. The fourth-order valence-electron chi connectivity index (χ4n) is 4.78. The van der Waals surface area contributed by atoms with Crippen LogP contribution in [0.3, 0.4) is 0 Å². The highest BCUT2D eigenvalue weighted by atomic mass is 35.5. The molecule has 0 saturated carbocycles. The minimum absolute atomic E-state index is 0.0363. The van der Waals surface area contributed by atoms with Crippen LogP contribution in [0.1, 0.15) is 57.7 Å². The molecule has 8 heteroatoms. The Morgan fingerprint density at radius 2 is 1.77 bits per heavy atom. The summed E-state index contributed by atoms with van der Waals surface area (Å²) in [5, 5.41) is 22.9. The van der Waals surface area contributed by atoms with Crippen LogP contribution in [0.25, 0.3) is 33.5 Å². The zero-order valence-electron chi connectivity index (χ0n) is 21.6. The molecule has 0 aliphatic rings. The second kappa shape index (κ2) is 11.4. The first-order valence-corrected chi connectivity index (χ1v) is 13.2. The van der Waals surface area contributed by atoms with Gasteiger partial charge >= 0.3 is 5.97 Å². The number of halogens is 1. The van der Waals surface area contributed by atoms with E-state index in [2.05, 4.69) is 21.4 Å². The number of hydrogen-bond acceptors (Lipinski definition) is 4. The molecule has 0 aliphatic carbocycles. The lowest BCUT2D eigenvalue weighted by Gasteiger charge is -2.19. The minimum Gasteiger partial charge on any atom is -0.478 e. The Labute approximate surface area is 236 Å². The fraction of sp³-hybridized carbons (Fsp3) is 0.125. The average molecular weight is 549 g/mol. The lowest BCUT2D eigenvalue weighted by atomic mass is 9.93. The summed E-state index contributed by atoms with van der Waals surface area (Å²) in [6, 6.07) is 26.6. The number of nitriles is 1. The van der Waals surface area contributed by atoms with Crippen molar-refractivity contribution in [1.29, 1.82) is 5.26 Å². The molecule has 1 aromatic heterocycles. The first-order valence-electron chi connectivity index (χ1n) is 12.8. The molecule has 0 aliphatic heterocycles. The molecule has 0 fully saturated rings. The Hall–Kier alpha value is -4.93. The number of aromatic amines is 1. The average Bonchev–Trinajstić information content (AvgIpc) is 3.40. The highest BCUT2D eigenvalue weighted by Crippen LogP contribution is 2.36. The molecular weight excluding hydrogens is 524 g/mol. The van der Waals surface area contributed by atoms with Gasteiger partial charge in [0, 0.05) is 16.1 Å². The van der Waals surface area contributed by atoms with Crippen LogP contribution in [-0.4, -0.2) is 27.0 Å². The summed E-state index contributed by atoms with van der Waals surface area (Å²) >= 11 is 6.35. The molecule has 5 rings (SSSR count). The number of H-pyrrole nitrogens is 1. The van der Waals surface area contributed by atoms with Crippen LogP contribution in [0.4, 0.5) is 0 Å². The summed E-state index contributed by atoms with van der Waals surface area (Å²) in [7, 11) is 0. The predicted octanol–water partition coefficient (Wildman–Crippen LogP) is 7.39. The number of aromatic carboxylic acids is 1. The predicted molar refractivity (Wildman–Crippen MR) is 155 cm³/mol. The number of carboxylic acid groups (broad SMARTS) is 1. The number of fused-ring (bicyclic) bond motifs is 1. The molecule has 0 spiro atoms. The van der Waals surface area contributed by atoms with Gasteiger partial charge in [-0.15, -0.1) is 0 Å². The van der Waals surface area contributed by atoms with Crippen molar-refractivity contribution in [3.05, 3.63) is 112 Å². The number of benzene rings is 4. The summed E-state index contributed by atoms with van der Waals surface area (Å²) in [5.41, 5.74) is 4.60. The Morgan fingerprint density at radius 1 is 1.00 bits per heavy atom. The largest absolute Gasteiger partial charge is 0.478 e. The van der Waals surface area contributed by atoms with Gasteiger partial charge in [0.25, 0.3) is 5.91 Å². The van der Waals surface area contributed by atoms with Crippen molar-refractivity contribution in [2.75, 3.05) is 0 Å². The van der Waals surface area contributed by atoms with Crippen molar-refractivity contribution in [2.24, 2.45) is 0 Å². The molecule has 0 radical (unpaired) electrons. The summed E-state index contributed by atoms with van der Waals surface area (Å²) in [6.07, 6.45) is 1.62. The molecular formula is C32H25ClN4O3. The Morgan fingerprint density at radius 3 is 2.50 bits per heavy atom. The van der Waals surface area contributed by atoms with E-state index in [9.17, 15) is 20.0 Å². The van der Waals surface area contributed by atoms with E-state index < -0.39 is 5.97 Å². The number of carboxylic acids is 1. The maximum Gasteiger partial charge on any atom is 0.336 e. The highest BCUT2D eigenvalue weighted by molar-refractivity contribution is 6.31. The van der Waals surface area contributed by atoms with Crippen molar-refractivity contribution < 1.29 is 14.7 Å². The van der Waals surface area contributed by atoms with E-state index in [-0.39, 0.29) is 23.1 Å². The first-order chi connectivity index (χ1) is 19.4. The minimum atomic E-state index is -1.17. The number of hydrogen-bond donors (Lipinski definition) is 3. The quantitative estimate of drug-likeness (QED) is 0.187. The zero-order valence-corrected chi connectivity index (χ0v) is 22.4. The number of carbonyl (C=O) groups is 2. The zero-order chi connectivity index (χ0) is 28.2. The van der Waals surface area contributed by atoms with Gasteiger partial charge in [-0.1, -0.05) is 61.3 Å². The van der Waals surface area contributed by atoms with Crippen LogP contribution >= 0.6 is 11.6 Å². The van der Waals surface area contributed by atoms with Gasteiger partial charge in [-0.05, 0) is 71.6 Å². The number of amides is 1. The van der Waals surface area contributed by atoms with Gasteiger partial charge in [-0.25, -0.2) is 9.78 Å². The molecule has 198 valence electrons. The second-order valence-electron chi connectivity index (χ2n) is 9.41. The van der Waals surface area contributed by atoms with Crippen LogP contribution in [0.2, 0.25) is 5.02 Å². The molecule has 0 saturated heterocycles. The number of nitrogens with one attached hydrogen (secondary N) is 2. The van der Waals surface area contributed by atoms with Crippen molar-refractivity contribution in [3.8, 4) is 28.6 Å². The van der Waals surface area contributed by atoms with Gasteiger partial charge in [0.1, 0.15) is 5.82 Å². The van der Waals surface area contributed by atoms with Gasteiger partial charge in [-0.2, -0.15) is 5.26 Å². The smallest absolute Gasteiger partial charge is 0.336 e. The molecule has 0 bridgehead atoms. The van der Waals surface area contributed by atoms with E-state index in [4.69, 9.17) is 11.6 Å². The third-order valence-electron chi connectivity index (χ3n) is 6.74. The standard InChI is InChI=1S/C32H25ClN4O3/c1-2-6-27(20-7-4-3-5-8-20)37-31(38)21-10-12-23(26(16-21)32(39)40)25-17-22(33)11-13-24(25)30-35-28-14-9-19(18-34)15-29(28)36-30/h3-5,7-17,27H,2,6H2,1H3,(H,35,36)(H,37,38)(H,39,40)/t27-/m1/s1. The molecule has 7 nitrogen and oxygen atoms in total. The van der Waals surface area contributed by atoms with Gasteiger partial charge in [-0.3, -0.25) is 4.79 Å². The number of imidazole rings is 1. The molecule has 1 amide bonds. The van der Waals surface area contributed by atoms with E-state index in [1.807, 2.05) is 37.3 Å². The van der Waals surface area contributed by atoms with Gasteiger partial charge < -0.3 is 15.4 Å². The van der Waals surface area contributed by atoms with Crippen LogP contribution in [0, 0.1) is 11.3 Å².